The summed E-state index contributed by atoms with van der Waals surface area (Å²) < 4.78 is 45.2. The number of fused-ring (bicyclic) bond motifs is 2. The molecule has 2 aliphatic heterocycles. The molecule has 0 spiro atoms. The largest absolute Gasteiger partial charge is 0.453 e. The predicted octanol–water partition coefficient (Wildman–Crippen LogP) is 6.82. The molecule has 58 heavy (non-hydrogen) atoms. The maximum absolute atomic E-state index is 15.8. The minimum Gasteiger partial charge on any atom is -0.453 e. The first-order chi connectivity index (χ1) is 27.9. The van der Waals surface area contributed by atoms with Gasteiger partial charge in [-0.1, -0.05) is 13.8 Å². The smallest absolute Gasteiger partial charge is 0.329 e. The number of carbonyl (C=O) groups excluding carboxylic acids is 2. The highest BCUT2D eigenvalue weighted by molar-refractivity contribution is 7.98. The van der Waals surface area contributed by atoms with E-state index in [1.54, 1.807) is 40.8 Å². The molecular formula is C41H44F2N10O4S. The van der Waals surface area contributed by atoms with Crippen LogP contribution in [0, 0.1) is 28.9 Å². The van der Waals surface area contributed by atoms with Crippen molar-refractivity contribution in [2.75, 3.05) is 42.8 Å². The Kier molecular flexibility index (Phi) is 10.8. The van der Waals surface area contributed by atoms with Gasteiger partial charge in [-0.25, -0.2) is 22.9 Å². The fraction of sp³-hybridized carbons (Fsp3) is 0.415. The van der Waals surface area contributed by atoms with Gasteiger partial charge in [0, 0.05) is 63.2 Å². The summed E-state index contributed by atoms with van der Waals surface area (Å²) in [5, 5.41) is 17.6. The zero-order valence-electron chi connectivity index (χ0n) is 32.7. The van der Waals surface area contributed by atoms with Crippen molar-refractivity contribution in [1.29, 1.82) is 5.26 Å². The Bertz CT molecular complexity index is 2530. The number of urea groups is 1. The number of carbonyl (C=O) groups is 2. The van der Waals surface area contributed by atoms with E-state index < -0.39 is 11.8 Å². The van der Waals surface area contributed by atoms with Crippen molar-refractivity contribution in [1.82, 2.24) is 33.9 Å². The molecule has 3 aromatic carbocycles. The van der Waals surface area contributed by atoms with Gasteiger partial charge in [0.2, 0.25) is 5.91 Å². The maximum Gasteiger partial charge on any atom is 0.329 e. The van der Waals surface area contributed by atoms with Crippen LogP contribution >= 0.6 is 12.1 Å². The lowest BCUT2D eigenvalue weighted by molar-refractivity contribution is -0.120. The third kappa shape index (κ3) is 7.36. The standard InChI is InChI=1S/C41H44F2N10O4S/c1-5-49(3)58-48-34-13-11-31(42)38(30(34)19-44)57-26-10-12-33-28(16-26)40(55)53(22-45-33)36-21-51(20-23(36)2)25-8-6-24(7-9-25)27-18-35-29(17-32(27)43)39(47-50(35)4)52-15-14-37(54)46-41(52)56/h10-13,16-18,22-25,36,48H,5-9,14-15,20-21H2,1-4H3,(H,46,54,56). The van der Waals surface area contributed by atoms with Crippen LogP contribution in [0.1, 0.15) is 69.0 Å². The number of nitrogens with one attached hydrogen (secondary N) is 2. The van der Waals surface area contributed by atoms with E-state index in [1.165, 1.54) is 35.2 Å². The summed E-state index contributed by atoms with van der Waals surface area (Å²) in [4.78, 5) is 46.7. The van der Waals surface area contributed by atoms with Gasteiger partial charge in [-0.05, 0) is 92.6 Å². The molecule has 3 amide bonds. The molecule has 302 valence electrons. The van der Waals surface area contributed by atoms with Crippen molar-refractivity contribution >= 4 is 57.4 Å². The van der Waals surface area contributed by atoms with Crippen molar-refractivity contribution in [3.05, 3.63) is 81.9 Å². The highest BCUT2D eigenvalue weighted by atomic mass is 32.2. The Morgan fingerprint density at radius 1 is 1.05 bits per heavy atom. The van der Waals surface area contributed by atoms with Crippen LogP contribution in [0.25, 0.3) is 21.8 Å². The van der Waals surface area contributed by atoms with Gasteiger partial charge in [0.15, 0.2) is 17.4 Å². The van der Waals surface area contributed by atoms with Gasteiger partial charge in [0.1, 0.15) is 23.2 Å². The first-order valence-electron chi connectivity index (χ1n) is 19.5. The third-order valence-electron chi connectivity index (χ3n) is 11.8. The minimum absolute atomic E-state index is 0.00760. The molecule has 0 bridgehead atoms. The van der Waals surface area contributed by atoms with Gasteiger partial charge in [-0.3, -0.25) is 34.0 Å². The monoisotopic (exact) mass is 810 g/mol. The van der Waals surface area contributed by atoms with Crippen LogP contribution in [0.4, 0.5) is 25.1 Å². The lowest BCUT2D eigenvalue weighted by atomic mass is 9.81. The number of nitrogens with zero attached hydrogens (tertiary/aromatic N) is 8. The molecule has 5 aromatic rings. The van der Waals surface area contributed by atoms with Crippen LogP contribution in [0.2, 0.25) is 0 Å². The van der Waals surface area contributed by atoms with Crippen LogP contribution in [0.15, 0.2) is 53.6 Å². The number of aryl methyl sites for hydroxylation is 1. The molecule has 1 saturated carbocycles. The van der Waals surface area contributed by atoms with E-state index in [1.807, 2.05) is 30.4 Å². The zero-order chi connectivity index (χ0) is 40.8. The second-order valence-electron chi connectivity index (χ2n) is 15.4. The predicted molar refractivity (Wildman–Crippen MR) is 218 cm³/mol. The Morgan fingerprint density at radius 2 is 1.84 bits per heavy atom. The number of halogens is 2. The molecule has 3 aliphatic rings. The number of anilines is 2. The first kappa shape index (κ1) is 39.3. The Balaban J connectivity index is 0.957. The summed E-state index contributed by atoms with van der Waals surface area (Å²) in [6, 6.07) is 12.5. The summed E-state index contributed by atoms with van der Waals surface area (Å²) in [7, 11) is 3.65. The molecule has 4 heterocycles. The SMILES string of the molecule is CCN(C)SNc1ccc(F)c(Oc2ccc3ncn(C4CN(C5CCC(c6cc7c(cc6F)c(N6CCC(=O)NC6=O)nn7C)CC5)CC4C)c(=O)c3c2)c1C#N. The van der Waals surface area contributed by atoms with E-state index in [4.69, 9.17) is 4.74 Å². The van der Waals surface area contributed by atoms with Gasteiger partial charge in [-0.2, -0.15) is 10.4 Å². The fourth-order valence-electron chi connectivity index (χ4n) is 8.53. The first-order valence-corrected chi connectivity index (χ1v) is 20.3. The van der Waals surface area contributed by atoms with Gasteiger partial charge < -0.3 is 9.46 Å². The van der Waals surface area contributed by atoms with E-state index in [0.717, 1.165) is 44.3 Å². The number of aromatic nitrogens is 4. The third-order valence-corrected chi connectivity index (χ3v) is 12.7. The molecule has 2 saturated heterocycles. The molecule has 14 nitrogen and oxygen atoms in total. The van der Waals surface area contributed by atoms with Crippen LogP contribution in [0.5, 0.6) is 11.5 Å². The van der Waals surface area contributed by atoms with Gasteiger partial charge >= 0.3 is 6.03 Å². The van der Waals surface area contributed by atoms with Crippen molar-refractivity contribution in [2.45, 2.75) is 64.0 Å². The van der Waals surface area contributed by atoms with Crippen molar-refractivity contribution in [3.8, 4) is 17.6 Å². The van der Waals surface area contributed by atoms with Gasteiger partial charge in [0.05, 0.1) is 34.5 Å². The summed E-state index contributed by atoms with van der Waals surface area (Å²) in [6.45, 7) is 6.51. The number of rotatable bonds is 10. The molecular weight excluding hydrogens is 767 g/mol. The lowest BCUT2D eigenvalue weighted by Crippen LogP contribution is -2.49. The number of amides is 3. The van der Waals surface area contributed by atoms with E-state index in [0.29, 0.717) is 39.9 Å². The average Bonchev–Trinajstić information content (AvgIpc) is 3.76. The molecule has 17 heteroatoms. The van der Waals surface area contributed by atoms with Gasteiger partial charge in [-0.15, -0.1) is 0 Å². The highest BCUT2D eigenvalue weighted by Crippen LogP contribution is 2.41. The molecule has 2 atom stereocenters. The fourth-order valence-corrected chi connectivity index (χ4v) is 9.08. The minimum atomic E-state index is -0.702. The van der Waals surface area contributed by atoms with Crippen LogP contribution < -0.4 is 25.2 Å². The Labute approximate surface area is 338 Å². The normalized spacial score (nSPS) is 21.5. The Hall–Kier alpha value is -5.57. The number of nitriles is 1. The Morgan fingerprint density at radius 3 is 2.59 bits per heavy atom. The van der Waals surface area contributed by atoms with E-state index in [2.05, 4.69) is 31.9 Å². The topological polar surface area (TPSA) is 154 Å². The van der Waals surface area contributed by atoms with Crippen LogP contribution in [-0.4, -0.2) is 79.7 Å². The molecule has 3 fully saturated rings. The van der Waals surface area contributed by atoms with Crippen molar-refractivity contribution in [2.24, 2.45) is 13.0 Å². The number of imide groups is 1. The van der Waals surface area contributed by atoms with Gasteiger partial charge in [0.25, 0.3) is 5.56 Å². The average molecular weight is 811 g/mol. The van der Waals surface area contributed by atoms with E-state index in [9.17, 15) is 19.6 Å². The second-order valence-corrected chi connectivity index (χ2v) is 16.4. The maximum atomic E-state index is 15.8. The van der Waals surface area contributed by atoms with Crippen molar-refractivity contribution in [3.63, 3.8) is 0 Å². The second kappa shape index (κ2) is 16.0. The van der Waals surface area contributed by atoms with Crippen LogP contribution in [0.3, 0.4) is 0 Å². The highest BCUT2D eigenvalue weighted by Gasteiger charge is 2.38. The lowest BCUT2D eigenvalue weighted by Gasteiger charge is -2.35. The van der Waals surface area contributed by atoms with E-state index >= 15 is 8.78 Å². The number of likely N-dealkylation sites (tertiary alicyclic amines) is 1. The van der Waals surface area contributed by atoms with Crippen LogP contribution in [-0.2, 0) is 11.8 Å². The molecule has 8 rings (SSSR count). The molecule has 0 radical (unpaired) electrons. The summed E-state index contributed by atoms with van der Waals surface area (Å²) in [5.74, 6) is -0.899. The molecule has 1 aliphatic carbocycles. The number of benzene rings is 3. The zero-order valence-corrected chi connectivity index (χ0v) is 33.5. The summed E-state index contributed by atoms with van der Waals surface area (Å²) in [6.07, 6.45) is 5.09. The number of hydrogen-bond donors (Lipinski definition) is 2. The number of hydrogen-bond acceptors (Lipinski definition) is 11. The quantitative estimate of drug-likeness (QED) is 0.143. The number of ether oxygens (including phenoxy) is 1. The molecule has 2 N–H and O–H groups in total. The molecule has 2 unspecified atom stereocenters. The summed E-state index contributed by atoms with van der Waals surface area (Å²) in [5.41, 5.74) is 2.02. The summed E-state index contributed by atoms with van der Waals surface area (Å²) >= 11 is 1.28. The molecule has 2 aromatic heterocycles. The van der Waals surface area contributed by atoms with Crippen molar-refractivity contribution < 1.29 is 23.1 Å². The van der Waals surface area contributed by atoms with E-state index in [-0.39, 0.29) is 71.2 Å².